The summed E-state index contributed by atoms with van der Waals surface area (Å²) in [6.07, 6.45) is 3.78. The summed E-state index contributed by atoms with van der Waals surface area (Å²) in [6, 6.07) is 0.525. The summed E-state index contributed by atoms with van der Waals surface area (Å²) in [7, 11) is 0. The van der Waals surface area contributed by atoms with Gasteiger partial charge in [-0.15, -0.1) is 0 Å². The fraction of sp³-hybridized carbons (Fsp3) is 1.00. The number of hydrogen-bond donors (Lipinski definition) is 2. The second-order valence-electron chi connectivity index (χ2n) is 4.37. The van der Waals surface area contributed by atoms with Crippen molar-refractivity contribution in [2.75, 3.05) is 32.8 Å². The van der Waals surface area contributed by atoms with Gasteiger partial charge in [0, 0.05) is 38.8 Å². The van der Waals surface area contributed by atoms with E-state index in [4.69, 9.17) is 5.11 Å². The first-order valence-electron chi connectivity index (χ1n) is 5.45. The predicted molar refractivity (Wildman–Crippen MR) is 52.7 cm³/mol. The number of aliphatic hydroxyl groups is 1. The van der Waals surface area contributed by atoms with Crippen LogP contribution >= 0.6 is 0 Å². The molecule has 76 valence electrons. The van der Waals surface area contributed by atoms with Crippen LogP contribution in [0.5, 0.6) is 0 Å². The third kappa shape index (κ3) is 2.93. The van der Waals surface area contributed by atoms with E-state index >= 15 is 0 Å². The van der Waals surface area contributed by atoms with Crippen molar-refractivity contribution >= 4 is 0 Å². The minimum Gasteiger partial charge on any atom is -0.396 e. The summed E-state index contributed by atoms with van der Waals surface area (Å²) in [6.45, 7) is 5.03. The normalized spacial score (nSPS) is 30.7. The SMILES string of the molecule is OCC[C@H]1CN(CC2CC2)CCN1. The van der Waals surface area contributed by atoms with E-state index in [0.717, 1.165) is 25.4 Å². The smallest absolute Gasteiger partial charge is 0.0446 e. The van der Waals surface area contributed by atoms with Gasteiger partial charge in [-0.2, -0.15) is 0 Å². The molecule has 2 N–H and O–H groups in total. The molecule has 0 aromatic heterocycles. The van der Waals surface area contributed by atoms with E-state index in [0.29, 0.717) is 12.6 Å². The Labute approximate surface area is 80.1 Å². The number of hydrogen-bond acceptors (Lipinski definition) is 3. The first kappa shape index (κ1) is 9.44. The molecule has 0 radical (unpaired) electrons. The molecule has 2 fully saturated rings. The predicted octanol–water partition coefficient (Wildman–Crippen LogP) is 0.0526. The van der Waals surface area contributed by atoms with Crippen molar-refractivity contribution in [1.29, 1.82) is 0 Å². The Morgan fingerprint density at radius 3 is 2.92 bits per heavy atom. The monoisotopic (exact) mass is 184 g/mol. The average Bonchev–Trinajstić information content (AvgIpc) is 2.90. The number of rotatable bonds is 4. The largest absolute Gasteiger partial charge is 0.396 e. The number of nitrogens with one attached hydrogen (secondary N) is 1. The summed E-state index contributed by atoms with van der Waals surface area (Å²) < 4.78 is 0. The fourth-order valence-corrected chi connectivity index (χ4v) is 2.07. The molecule has 0 aromatic rings. The maximum Gasteiger partial charge on any atom is 0.0446 e. The first-order chi connectivity index (χ1) is 6.38. The Bertz CT molecular complexity index is 157. The van der Waals surface area contributed by atoms with E-state index in [-0.39, 0.29) is 0 Å². The average molecular weight is 184 g/mol. The van der Waals surface area contributed by atoms with Gasteiger partial charge in [0.1, 0.15) is 0 Å². The van der Waals surface area contributed by atoms with Crippen LogP contribution in [-0.2, 0) is 0 Å². The topological polar surface area (TPSA) is 35.5 Å². The van der Waals surface area contributed by atoms with Crippen molar-refractivity contribution in [3.63, 3.8) is 0 Å². The van der Waals surface area contributed by atoms with Gasteiger partial charge < -0.3 is 15.3 Å². The van der Waals surface area contributed by atoms with Gasteiger partial charge in [0.2, 0.25) is 0 Å². The quantitative estimate of drug-likeness (QED) is 0.648. The standard InChI is InChI=1S/C10H20N2O/c13-6-3-10-8-12(5-4-11-10)7-9-1-2-9/h9-11,13H,1-8H2/t10-/m0/s1. The van der Waals surface area contributed by atoms with Crippen LogP contribution in [0.15, 0.2) is 0 Å². The summed E-state index contributed by atoms with van der Waals surface area (Å²) in [5.74, 6) is 0.993. The number of piperazine rings is 1. The van der Waals surface area contributed by atoms with E-state index in [2.05, 4.69) is 10.2 Å². The van der Waals surface area contributed by atoms with Gasteiger partial charge in [0.25, 0.3) is 0 Å². The molecule has 3 nitrogen and oxygen atoms in total. The van der Waals surface area contributed by atoms with Gasteiger partial charge in [-0.25, -0.2) is 0 Å². The Kier molecular flexibility index (Phi) is 3.19. The molecule has 13 heavy (non-hydrogen) atoms. The third-order valence-electron chi connectivity index (χ3n) is 3.03. The van der Waals surface area contributed by atoms with Crippen molar-refractivity contribution < 1.29 is 5.11 Å². The second kappa shape index (κ2) is 4.40. The van der Waals surface area contributed by atoms with Gasteiger partial charge in [-0.1, -0.05) is 0 Å². The van der Waals surface area contributed by atoms with Crippen molar-refractivity contribution in [1.82, 2.24) is 10.2 Å². The number of aliphatic hydroxyl groups excluding tert-OH is 1. The van der Waals surface area contributed by atoms with Crippen LogP contribution in [0, 0.1) is 5.92 Å². The van der Waals surface area contributed by atoms with E-state index < -0.39 is 0 Å². The van der Waals surface area contributed by atoms with Gasteiger partial charge in [-0.3, -0.25) is 0 Å². The highest BCUT2D eigenvalue weighted by molar-refractivity contribution is 4.83. The molecule has 1 aliphatic carbocycles. The van der Waals surface area contributed by atoms with Crippen molar-refractivity contribution in [3.05, 3.63) is 0 Å². The maximum atomic E-state index is 8.84. The zero-order valence-electron chi connectivity index (χ0n) is 8.21. The van der Waals surface area contributed by atoms with Crippen molar-refractivity contribution in [3.8, 4) is 0 Å². The zero-order chi connectivity index (χ0) is 9.10. The summed E-state index contributed by atoms with van der Waals surface area (Å²) in [4.78, 5) is 2.55. The van der Waals surface area contributed by atoms with Gasteiger partial charge in [-0.05, 0) is 25.2 Å². The number of nitrogens with zero attached hydrogens (tertiary/aromatic N) is 1. The van der Waals surface area contributed by atoms with Crippen LogP contribution in [0.4, 0.5) is 0 Å². The molecule has 0 amide bonds. The van der Waals surface area contributed by atoms with E-state index in [9.17, 15) is 0 Å². The molecule has 1 saturated heterocycles. The highest BCUT2D eigenvalue weighted by atomic mass is 16.3. The molecular weight excluding hydrogens is 164 g/mol. The molecule has 0 spiro atoms. The van der Waals surface area contributed by atoms with Crippen LogP contribution in [-0.4, -0.2) is 48.8 Å². The minimum atomic E-state index is 0.314. The highest BCUT2D eigenvalue weighted by Crippen LogP contribution is 2.29. The van der Waals surface area contributed by atoms with E-state index in [1.165, 1.54) is 25.9 Å². The molecule has 0 bridgehead atoms. The molecular formula is C10H20N2O. The van der Waals surface area contributed by atoms with Gasteiger partial charge in [0.05, 0.1) is 0 Å². The summed E-state index contributed by atoms with van der Waals surface area (Å²) in [5, 5.41) is 12.3. The summed E-state index contributed by atoms with van der Waals surface area (Å²) >= 11 is 0. The van der Waals surface area contributed by atoms with Crippen molar-refractivity contribution in [2.45, 2.75) is 25.3 Å². The molecule has 1 atom stereocenters. The van der Waals surface area contributed by atoms with Crippen LogP contribution < -0.4 is 5.32 Å². The van der Waals surface area contributed by atoms with E-state index in [1.807, 2.05) is 0 Å². The molecule has 2 rings (SSSR count). The van der Waals surface area contributed by atoms with Crippen LogP contribution in [0.1, 0.15) is 19.3 Å². The molecule has 1 saturated carbocycles. The van der Waals surface area contributed by atoms with Gasteiger partial charge in [0.15, 0.2) is 0 Å². The Morgan fingerprint density at radius 2 is 2.23 bits per heavy atom. The van der Waals surface area contributed by atoms with Crippen molar-refractivity contribution in [2.24, 2.45) is 5.92 Å². The second-order valence-corrected chi connectivity index (χ2v) is 4.37. The molecule has 2 aliphatic rings. The molecule has 1 heterocycles. The summed E-state index contributed by atoms with van der Waals surface area (Å²) in [5.41, 5.74) is 0. The lowest BCUT2D eigenvalue weighted by Gasteiger charge is -2.33. The zero-order valence-corrected chi connectivity index (χ0v) is 8.21. The lowest BCUT2D eigenvalue weighted by Crippen LogP contribution is -2.51. The van der Waals surface area contributed by atoms with E-state index in [1.54, 1.807) is 0 Å². The molecule has 0 aromatic carbocycles. The Morgan fingerprint density at radius 1 is 1.38 bits per heavy atom. The minimum absolute atomic E-state index is 0.314. The fourth-order valence-electron chi connectivity index (χ4n) is 2.07. The Hall–Kier alpha value is -0.120. The molecule has 1 aliphatic heterocycles. The third-order valence-corrected chi connectivity index (χ3v) is 3.03. The lowest BCUT2D eigenvalue weighted by molar-refractivity contribution is 0.168. The van der Waals surface area contributed by atoms with Crippen LogP contribution in [0.2, 0.25) is 0 Å². The van der Waals surface area contributed by atoms with Gasteiger partial charge >= 0.3 is 0 Å². The van der Waals surface area contributed by atoms with Crippen LogP contribution in [0.3, 0.4) is 0 Å². The Balaban J connectivity index is 1.70. The molecule has 3 heteroatoms. The van der Waals surface area contributed by atoms with Crippen LogP contribution in [0.25, 0.3) is 0 Å². The maximum absolute atomic E-state index is 8.84. The lowest BCUT2D eigenvalue weighted by atomic mass is 10.1. The highest BCUT2D eigenvalue weighted by Gasteiger charge is 2.26. The molecule has 0 unspecified atom stereocenters. The first-order valence-corrected chi connectivity index (χ1v) is 5.45.